The van der Waals surface area contributed by atoms with Gasteiger partial charge in [-0.05, 0) is 26.0 Å². The Morgan fingerprint density at radius 2 is 2.12 bits per heavy atom. The molecule has 1 aromatic carbocycles. The van der Waals surface area contributed by atoms with Crippen LogP contribution < -0.4 is 5.32 Å². The number of benzene rings is 1. The van der Waals surface area contributed by atoms with Gasteiger partial charge in [0.25, 0.3) is 5.91 Å². The van der Waals surface area contributed by atoms with E-state index in [9.17, 15) is 9.90 Å². The zero-order valence-corrected chi connectivity index (χ0v) is 9.52. The monoisotopic (exact) mass is 232 g/mol. The Labute approximate surface area is 98.1 Å². The number of phenolic OH excluding ortho intramolecular Hbond substituents is 1. The van der Waals surface area contributed by atoms with Gasteiger partial charge in [-0.3, -0.25) is 10.1 Å². The molecule has 0 fully saturated rings. The molecule has 0 unspecified atom stereocenters. The number of nitrogens with one attached hydrogen (secondary N) is 1. The van der Waals surface area contributed by atoms with E-state index in [2.05, 4.69) is 10.5 Å². The summed E-state index contributed by atoms with van der Waals surface area (Å²) in [6.07, 6.45) is 0. The van der Waals surface area contributed by atoms with Gasteiger partial charge in [0.15, 0.2) is 0 Å². The van der Waals surface area contributed by atoms with E-state index in [0.717, 1.165) is 5.56 Å². The van der Waals surface area contributed by atoms with E-state index in [1.165, 1.54) is 6.07 Å². The van der Waals surface area contributed by atoms with Crippen LogP contribution in [-0.4, -0.2) is 16.2 Å². The van der Waals surface area contributed by atoms with Gasteiger partial charge in [0.1, 0.15) is 5.75 Å². The first-order valence-corrected chi connectivity index (χ1v) is 5.10. The normalized spacial score (nSPS) is 10.2. The molecular weight excluding hydrogens is 220 g/mol. The van der Waals surface area contributed by atoms with Crippen LogP contribution >= 0.6 is 0 Å². The Bertz CT molecular complexity index is 561. The van der Waals surface area contributed by atoms with Crippen LogP contribution in [0.25, 0.3) is 0 Å². The lowest BCUT2D eigenvalue weighted by atomic mass is 10.1. The molecule has 5 heteroatoms. The average Bonchev–Trinajstić information content (AvgIpc) is 2.67. The molecule has 1 aromatic heterocycles. The molecule has 2 N–H and O–H groups in total. The number of nitrogens with zero attached hydrogens (tertiary/aromatic N) is 1. The molecule has 0 radical (unpaired) electrons. The summed E-state index contributed by atoms with van der Waals surface area (Å²) < 4.78 is 4.86. The Hall–Kier alpha value is -2.30. The second-order valence-corrected chi connectivity index (χ2v) is 3.81. The summed E-state index contributed by atoms with van der Waals surface area (Å²) in [5.41, 5.74) is 1.77. The van der Waals surface area contributed by atoms with Gasteiger partial charge in [0, 0.05) is 6.07 Å². The van der Waals surface area contributed by atoms with Crippen molar-refractivity contribution in [2.24, 2.45) is 0 Å². The molecule has 88 valence electrons. The van der Waals surface area contributed by atoms with E-state index in [1.54, 1.807) is 25.1 Å². The SMILES string of the molecule is Cc1ccc(O)c(C(=O)Nc2cc(C)no2)c1. The fourth-order valence-corrected chi connectivity index (χ4v) is 1.43. The smallest absolute Gasteiger partial charge is 0.261 e. The van der Waals surface area contributed by atoms with E-state index >= 15 is 0 Å². The van der Waals surface area contributed by atoms with E-state index in [-0.39, 0.29) is 17.2 Å². The van der Waals surface area contributed by atoms with E-state index in [1.807, 2.05) is 6.92 Å². The molecule has 1 heterocycles. The van der Waals surface area contributed by atoms with Crippen molar-refractivity contribution in [3.63, 3.8) is 0 Å². The predicted molar refractivity (Wildman–Crippen MR) is 62.0 cm³/mol. The van der Waals surface area contributed by atoms with Crippen LogP contribution in [0.4, 0.5) is 5.88 Å². The van der Waals surface area contributed by atoms with E-state index in [0.29, 0.717) is 5.69 Å². The molecule has 17 heavy (non-hydrogen) atoms. The number of hydrogen-bond donors (Lipinski definition) is 2. The van der Waals surface area contributed by atoms with Crippen LogP contribution in [0.3, 0.4) is 0 Å². The van der Waals surface area contributed by atoms with Crippen molar-refractivity contribution < 1.29 is 14.4 Å². The molecule has 0 atom stereocenters. The third kappa shape index (κ3) is 2.44. The quantitative estimate of drug-likeness (QED) is 0.832. The van der Waals surface area contributed by atoms with Crippen molar-refractivity contribution >= 4 is 11.8 Å². The molecule has 0 spiro atoms. The number of phenols is 1. The average molecular weight is 232 g/mol. The van der Waals surface area contributed by atoms with E-state index < -0.39 is 5.91 Å². The second-order valence-electron chi connectivity index (χ2n) is 3.81. The first kappa shape index (κ1) is 11.2. The largest absolute Gasteiger partial charge is 0.507 e. The predicted octanol–water partition coefficient (Wildman–Crippen LogP) is 2.25. The fraction of sp³-hybridized carbons (Fsp3) is 0.167. The lowest BCUT2D eigenvalue weighted by Gasteiger charge is -2.04. The maximum atomic E-state index is 11.8. The number of aromatic nitrogens is 1. The highest BCUT2D eigenvalue weighted by Crippen LogP contribution is 2.20. The third-order valence-electron chi connectivity index (χ3n) is 2.26. The summed E-state index contributed by atoms with van der Waals surface area (Å²) in [4.78, 5) is 11.8. The van der Waals surface area contributed by atoms with Gasteiger partial charge in [0.05, 0.1) is 11.3 Å². The molecule has 0 saturated heterocycles. The lowest BCUT2D eigenvalue weighted by Crippen LogP contribution is -2.11. The topological polar surface area (TPSA) is 75.4 Å². The van der Waals surface area contributed by atoms with Crippen LogP contribution in [0, 0.1) is 13.8 Å². The van der Waals surface area contributed by atoms with Crippen LogP contribution in [-0.2, 0) is 0 Å². The third-order valence-corrected chi connectivity index (χ3v) is 2.26. The minimum Gasteiger partial charge on any atom is -0.507 e. The molecule has 0 aliphatic rings. The molecule has 1 amide bonds. The summed E-state index contributed by atoms with van der Waals surface area (Å²) in [5, 5.41) is 15.8. The molecule has 5 nitrogen and oxygen atoms in total. The number of aromatic hydroxyl groups is 1. The van der Waals surface area contributed by atoms with Gasteiger partial charge in [-0.15, -0.1) is 0 Å². The van der Waals surface area contributed by atoms with Crippen LogP contribution in [0.2, 0.25) is 0 Å². The van der Waals surface area contributed by atoms with Gasteiger partial charge >= 0.3 is 0 Å². The van der Waals surface area contributed by atoms with Gasteiger partial charge in [-0.25, -0.2) is 0 Å². The highest BCUT2D eigenvalue weighted by Gasteiger charge is 2.13. The van der Waals surface area contributed by atoms with Crippen LogP contribution in [0.15, 0.2) is 28.8 Å². The number of carbonyl (C=O) groups is 1. The number of anilines is 1. The highest BCUT2D eigenvalue weighted by molar-refractivity contribution is 6.05. The number of hydrogen-bond acceptors (Lipinski definition) is 4. The van der Waals surface area contributed by atoms with Crippen LogP contribution in [0.1, 0.15) is 21.6 Å². The minimum atomic E-state index is -0.428. The lowest BCUT2D eigenvalue weighted by molar-refractivity contribution is 0.102. The molecule has 2 rings (SSSR count). The summed E-state index contributed by atoms with van der Waals surface area (Å²) in [6.45, 7) is 3.60. The van der Waals surface area contributed by atoms with Gasteiger partial charge < -0.3 is 9.63 Å². The molecule has 0 aliphatic carbocycles. The molecule has 0 aliphatic heterocycles. The molecule has 0 saturated carbocycles. The number of amides is 1. The van der Waals surface area contributed by atoms with Crippen molar-refractivity contribution in [1.29, 1.82) is 0 Å². The fourth-order valence-electron chi connectivity index (χ4n) is 1.43. The summed E-state index contributed by atoms with van der Waals surface area (Å²) in [6, 6.07) is 6.42. The van der Waals surface area contributed by atoms with Gasteiger partial charge in [-0.2, -0.15) is 0 Å². The van der Waals surface area contributed by atoms with Crippen molar-refractivity contribution in [2.45, 2.75) is 13.8 Å². The zero-order chi connectivity index (χ0) is 12.4. The Balaban J connectivity index is 2.22. The number of aryl methyl sites for hydroxylation is 2. The van der Waals surface area contributed by atoms with Crippen molar-refractivity contribution in [1.82, 2.24) is 5.16 Å². The molecule has 2 aromatic rings. The summed E-state index contributed by atoms with van der Waals surface area (Å²) in [5.74, 6) is -0.236. The molecule has 0 bridgehead atoms. The summed E-state index contributed by atoms with van der Waals surface area (Å²) >= 11 is 0. The molecular formula is C12H12N2O3. The Kier molecular flexibility index (Phi) is 2.82. The van der Waals surface area contributed by atoms with Gasteiger partial charge in [-0.1, -0.05) is 16.8 Å². The first-order chi connectivity index (χ1) is 8.06. The number of rotatable bonds is 2. The van der Waals surface area contributed by atoms with E-state index in [4.69, 9.17) is 4.52 Å². The standard InChI is InChI=1S/C12H12N2O3/c1-7-3-4-10(15)9(5-7)12(16)13-11-6-8(2)14-17-11/h3-6,15H,1-2H3,(H,13,16). The highest BCUT2D eigenvalue weighted by atomic mass is 16.5. The minimum absolute atomic E-state index is 0.0654. The second kappa shape index (κ2) is 4.29. The maximum Gasteiger partial charge on any atom is 0.261 e. The zero-order valence-electron chi connectivity index (χ0n) is 9.52. The van der Waals surface area contributed by atoms with Gasteiger partial charge in [0.2, 0.25) is 5.88 Å². The van der Waals surface area contributed by atoms with Crippen molar-refractivity contribution in [2.75, 3.05) is 5.32 Å². The Morgan fingerprint density at radius 1 is 1.35 bits per heavy atom. The Morgan fingerprint density at radius 3 is 2.76 bits per heavy atom. The number of carbonyl (C=O) groups excluding carboxylic acids is 1. The maximum absolute atomic E-state index is 11.8. The van der Waals surface area contributed by atoms with Crippen molar-refractivity contribution in [3.8, 4) is 5.75 Å². The summed E-state index contributed by atoms with van der Waals surface area (Å²) in [7, 11) is 0. The first-order valence-electron chi connectivity index (χ1n) is 5.10. The van der Waals surface area contributed by atoms with Crippen molar-refractivity contribution in [3.05, 3.63) is 41.1 Å². The van der Waals surface area contributed by atoms with Crippen LogP contribution in [0.5, 0.6) is 5.75 Å².